The van der Waals surface area contributed by atoms with Gasteiger partial charge in [-0.1, -0.05) is 34.1 Å². The number of ether oxygens (including phenoxy) is 1. The van der Waals surface area contributed by atoms with E-state index in [1.807, 2.05) is 49.5 Å². The van der Waals surface area contributed by atoms with Gasteiger partial charge in [0.05, 0.1) is 13.7 Å². The Morgan fingerprint density at radius 3 is 2.62 bits per heavy atom. The summed E-state index contributed by atoms with van der Waals surface area (Å²) in [5.74, 6) is 1.99. The van der Waals surface area contributed by atoms with Crippen LogP contribution >= 0.6 is 15.9 Å². The van der Waals surface area contributed by atoms with E-state index in [1.54, 1.807) is 7.11 Å². The number of hydrogen-bond donors (Lipinski definition) is 0. The van der Waals surface area contributed by atoms with Gasteiger partial charge < -0.3 is 9.15 Å². The molecule has 0 saturated carbocycles. The summed E-state index contributed by atoms with van der Waals surface area (Å²) in [6, 6.07) is 15.7. The standard InChI is InChI=1S/C18H18BrN3O2/c1-22(11-14-10-15(19)8-9-16(14)23-2)12-17-20-21-18(24-17)13-6-4-3-5-7-13/h3-10H,11-12H2,1-2H3. The third kappa shape index (κ3) is 4.01. The average molecular weight is 388 g/mol. The Bertz CT molecular complexity index is 805. The van der Waals surface area contributed by atoms with Crippen molar-refractivity contribution in [3.05, 3.63) is 64.5 Å². The summed E-state index contributed by atoms with van der Waals surface area (Å²) < 4.78 is 12.2. The van der Waals surface area contributed by atoms with Gasteiger partial charge in [0.15, 0.2) is 0 Å². The lowest BCUT2D eigenvalue weighted by molar-refractivity contribution is 0.277. The third-order valence-electron chi connectivity index (χ3n) is 3.58. The smallest absolute Gasteiger partial charge is 0.247 e. The summed E-state index contributed by atoms with van der Waals surface area (Å²) >= 11 is 3.50. The molecule has 0 radical (unpaired) electrons. The molecular formula is C18H18BrN3O2. The highest BCUT2D eigenvalue weighted by atomic mass is 79.9. The molecule has 5 nitrogen and oxygen atoms in total. The van der Waals surface area contributed by atoms with E-state index < -0.39 is 0 Å². The molecule has 1 aromatic heterocycles. The van der Waals surface area contributed by atoms with Gasteiger partial charge in [0.1, 0.15) is 5.75 Å². The summed E-state index contributed by atoms with van der Waals surface area (Å²) in [7, 11) is 3.68. The van der Waals surface area contributed by atoms with Crippen molar-refractivity contribution in [3.8, 4) is 17.2 Å². The summed E-state index contributed by atoms with van der Waals surface area (Å²) in [5, 5.41) is 8.25. The predicted octanol–water partition coefficient (Wildman–Crippen LogP) is 4.14. The minimum Gasteiger partial charge on any atom is -0.496 e. The largest absolute Gasteiger partial charge is 0.496 e. The molecule has 0 aliphatic carbocycles. The second-order valence-electron chi connectivity index (χ2n) is 5.50. The van der Waals surface area contributed by atoms with Crippen LogP contribution in [0.25, 0.3) is 11.5 Å². The average Bonchev–Trinajstić information content (AvgIpc) is 3.04. The van der Waals surface area contributed by atoms with Gasteiger partial charge in [0, 0.05) is 22.1 Å². The van der Waals surface area contributed by atoms with Gasteiger partial charge in [-0.3, -0.25) is 4.90 Å². The molecule has 0 aliphatic heterocycles. The van der Waals surface area contributed by atoms with Crippen molar-refractivity contribution in [2.45, 2.75) is 13.1 Å². The van der Waals surface area contributed by atoms with Gasteiger partial charge in [0.25, 0.3) is 0 Å². The molecule has 0 N–H and O–H groups in total. The molecule has 0 atom stereocenters. The SMILES string of the molecule is COc1ccc(Br)cc1CN(C)Cc1nnc(-c2ccccc2)o1. The Hall–Kier alpha value is -2.18. The Balaban J connectivity index is 1.69. The summed E-state index contributed by atoms with van der Waals surface area (Å²) in [4.78, 5) is 2.10. The Kier molecular flexibility index (Phi) is 5.27. The first-order chi connectivity index (χ1) is 11.7. The van der Waals surface area contributed by atoms with Crippen LogP contribution in [0.4, 0.5) is 0 Å². The van der Waals surface area contributed by atoms with E-state index in [0.717, 1.165) is 21.3 Å². The Labute approximate surface area is 149 Å². The van der Waals surface area contributed by atoms with Crippen LogP contribution in [0.2, 0.25) is 0 Å². The Morgan fingerprint density at radius 2 is 1.88 bits per heavy atom. The van der Waals surface area contributed by atoms with E-state index in [1.165, 1.54) is 0 Å². The fourth-order valence-corrected chi connectivity index (χ4v) is 2.87. The second kappa shape index (κ2) is 7.59. The Morgan fingerprint density at radius 1 is 1.08 bits per heavy atom. The van der Waals surface area contributed by atoms with E-state index in [0.29, 0.717) is 24.9 Å². The number of rotatable bonds is 6. The normalized spacial score (nSPS) is 11.0. The first-order valence-corrected chi connectivity index (χ1v) is 8.34. The minimum atomic E-state index is 0.541. The number of benzene rings is 2. The molecule has 0 aliphatic rings. The topological polar surface area (TPSA) is 51.4 Å². The molecule has 0 saturated heterocycles. The summed E-state index contributed by atoms with van der Waals surface area (Å²) in [5.41, 5.74) is 2.02. The maximum Gasteiger partial charge on any atom is 0.247 e. The molecule has 0 spiro atoms. The highest BCUT2D eigenvalue weighted by Crippen LogP contribution is 2.24. The van der Waals surface area contributed by atoms with Crippen molar-refractivity contribution in [2.24, 2.45) is 0 Å². The van der Waals surface area contributed by atoms with Crippen LogP contribution < -0.4 is 4.74 Å². The van der Waals surface area contributed by atoms with E-state index in [2.05, 4.69) is 37.1 Å². The van der Waals surface area contributed by atoms with Gasteiger partial charge in [-0.15, -0.1) is 10.2 Å². The number of methoxy groups -OCH3 is 1. The van der Waals surface area contributed by atoms with Crippen molar-refractivity contribution >= 4 is 15.9 Å². The van der Waals surface area contributed by atoms with Crippen LogP contribution in [0.1, 0.15) is 11.5 Å². The van der Waals surface area contributed by atoms with Gasteiger partial charge in [0.2, 0.25) is 11.8 Å². The maximum absolute atomic E-state index is 5.75. The van der Waals surface area contributed by atoms with Gasteiger partial charge in [-0.25, -0.2) is 0 Å². The van der Waals surface area contributed by atoms with E-state index in [-0.39, 0.29) is 0 Å². The molecule has 0 amide bonds. The summed E-state index contributed by atoms with van der Waals surface area (Å²) in [6.45, 7) is 1.28. The lowest BCUT2D eigenvalue weighted by atomic mass is 10.2. The predicted molar refractivity (Wildman–Crippen MR) is 95.6 cm³/mol. The molecule has 124 valence electrons. The number of halogens is 1. The van der Waals surface area contributed by atoms with Crippen molar-refractivity contribution in [3.63, 3.8) is 0 Å². The maximum atomic E-state index is 5.75. The highest BCUT2D eigenvalue weighted by molar-refractivity contribution is 9.10. The molecule has 0 unspecified atom stereocenters. The summed E-state index contributed by atoms with van der Waals surface area (Å²) in [6.07, 6.45) is 0. The monoisotopic (exact) mass is 387 g/mol. The fraction of sp³-hybridized carbons (Fsp3) is 0.222. The molecule has 24 heavy (non-hydrogen) atoms. The van der Waals surface area contributed by atoms with Crippen LogP contribution in [-0.2, 0) is 13.1 Å². The third-order valence-corrected chi connectivity index (χ3v) is 4.07. The minimum absolute atomic E-state index is 0.541. The van der Waals surface area contributed by atoms with Crippen molar-refractivity contribution in [1.82, 2.24) is 15.1 Å². The molecule has 0 bridgehead atoms. The molecule has 6 heteroatoms. The van der Waals surface area contributed by atoms with Gasteiger partial charge in [-0.2, -0.15) is 0 Å². The first kappa shape index (κ1) is 16.7. The number of hydrogen-bond acceptors (Lipinski definition) is 5. The molecular weight excluding hydrogens is 370 g/mol. The van der Waals surface area contributed by atoms with Crippen LogP contribution in [0.5, 0.6) is 5.75 Å². The van der Waals surface area contributed by atoms with Gasteiger partial charge in [-0.05, 0) is 37.4 Å². The van der Waals surface area contributed by atoms with Crippen molar-refractivity contribution in [1.29, 1.82) is 0 Å². The van der Waals surface area contributed by atoms with E-state index >= 15 is 0 Å². The second-order valence-corrected chi connectivity index (χ2v) is 6.41. The molecule has 3 rings (SSSR count). The van der Waals surface area contributed by atoms with E-state index in [9.17, 15) is 0 Å². The van der Waals surface area contributed by atoms with Crippen LogP contribution in [0, 0.1) is 0 Å². The lowest BCUT2D eigenvalue weighted by Crippen LogP contribution is -2.18. The molecule has 1 heterocycles. The molecule has 2 aromatic carbocycles. The van der Waals surface area contributed by atoms with E-state index in [4.69, 9.17) is 9.15 Å². The number of nitrogens with zero attached hydrogens (tertiary/aromatic N) is 3. The van der Waals surface area contributed by atoms with Crippen molar-refractivity contribution < 1.29 is 9.15 Å². The zero-order chi connectivity index (χ0) is 16.9. The zero-order valence-electron chi connectivity index (χ0n) is 13.6. The highest BCUT2D eigenvalue weighted by Gasteiger charge is 2.12. The van der Waals surface area contributed by atoms with Crippen LogP contribution in [0.3, 0.4) is 0 Å². The fourth-order valence-electron chi connectivity index (χ4n) is 2.46. The zero-order valence-corrected chi connectivity index (χ0v) is 15.2. The molecule has 3 aromatic rings. The van der Waals surface area contributed by atoms with Crippen molar-refractivity contribution in [2.75, 3.05) is 14.2 Å². The van der Waals surface area contributed by atoms with Gasteiger partial charge >= 0.3 is 0 Å². The number of aromatic nitrogens is 2. The lowest BCUT2D eigenvalue weighted by Gasteiger charge is -2.16. The molecule has 0 fully saturated rings. The quantitative estimate of drug-likeness (QED) is 0.635. The van der Waals surface area contributed by atoms with Crippen LogP contribution in [-0.4, -0.2) is 29.3 Å². The first-order valence-electron chi connectivity index (χ1n) is 7.54. The van der Waals surface area contributed by atoms with Crippen LogP contribution in [0.15, 0.2) is 57.4 Å².